The molecule has 2 aromatic carbocycles. The fraction of sp³-hybridized carbons (Fsp3) is 0.176. The number of carbonyl (C=O) groups is 2. The third-order valence-corrected chi connectivity index (χ3v) is 5.39. The molecular weight excluding hydrogens is 382 g/mol. The van der Waals surface area contributed by atoms with Crippen LogP contribution in [0.15, 0.2) is 41.3 Å². The van der Waals surface area contributed by atoms with Gasteiger partial charge in [0.05, 0.1) is 36.1 Å². The van der Waals surface area contributed by atoms with E-state index in [-0.39, 0.29) is 26.7 Å². The molecule has 0 aliphatic rings. The average Bonchev–Trinajstić information content (AvgIpc) is 2.62. The molecule has 0 bridgehead atoms. The second-order valence-corrected chi connectivity index (χ2v) is 7.32. The minimum atomic E-state index is -4.12. The zero-order valence-corrected chi connectivity index (χ0v) is 15.8. The topological polar surface area (TPSA) is 98.8 Å². The summed E-state index contributed by atoms with van der Waals surface area (Å²) in [6.45, 7) is 1.67. The van der Waals surface area contributed by atoms with Gasteiger partial charge >= 0.3 is 11.9 Å². The maximum atomic E-state index is 12.7. The number of hydrogen-bond donors (Lipinski definition) is 1. The van der Waals surface area contributed by atoms with E-state index < -0.39 is 22.0 Å². The van der Waals surface area contributed by atoms with Gasteiger partial charge in [0, 0.05) is 0 Å². The predicted molar refractivity (Wildman–Crippen MR) is 96.1 cm³/mol. The van der Waals surface area contributed by atoms with Crippen LogP contribution in [0.5, 0.6) is 0 Å². The van der Waals surface area contributed by atoms with Gasteiger partial charge < -0.3 is 9.47 Å². The molecule has 0 aromatic heterocycles. The van der Waals surface area contributed by atoms with Crippen LogP contribution in [0.1, 0.15) is 26.3 Å². The van der Waals surface area contributed by atoms with Crippen molar-refractivity contribution in [1.82, 2.24) is 0 Å². The Bertz CT molecular complexity index is 971. The van der Waals surface area contributed by atoms with Crippen molar-refractivity contribution in [2.24, 2.45) is 0 Å². The van der Waals surface area contributed by atoms with Gasteiger partial charge in [0.1, 0.15) is 4.90 Å². The van der Waals surface area contributed by atoms with E-state index in [4.69, 9.17) is 11.6 Å². The van der Waals surface area contributed by atoms with Crippen molar-refractivity contribution in [1.29, 1.82) is 0 Å². The van der Waals surface area contributed by atoms with Gasteiger partial charge in [0.2, 0.25) is 0 Å². The van der Waals surface area contributed by atoms with Gasteiger partial charge in [-0.15, -0.1) is 0 Å². The van der Waals surface area contributed by atoms with Crippen LogP contribution in [-0.2, 0) is 19.5 Å². The van der Waals surface area contributed by atoms with Gasteiger partial charge in [-0.1, -0.05) is 17.7 Å². The Labute approximate surface area is 155 Å². The molecule has 0 atom stereocenters. The first-order valence-electron chi connectivity index (χ1n) is 7.29. The molecule has 0 fully saturated rings. The Morgan fingerprint density at radius 3 is 2.08 bits per heavy atom. The standard InChI is InChI=1S/C17H16ClNO6S/c1-10-4-5-11(16(20)24-2)8-14(10)19-26(22,23)15-9-12(17(21)25-3)6-7-13(15)18/h4-9,19H,1-3H3. The van der Waals surface area contributed by atoms with Crippen molar-refractivity contribution in [3.05, 3.63) is 58.1 Å². The Hall–Kier alpha value is -2.58. The smallest absolute Gasteiger partial charge is 0.337 e. The number of methoxy groups -OCH3 is 2. The first-order chi connectivity index (χ1) is 12.2. The van der Waals surface area contributed by atoms with Crippen LogP contribution >= 0.6 is 11.6 Å². The zero-order valence-electron chi connectivity index (χ0n) is 14.2. The largest absolute Gasteiger partial charge is 0.465 e. The molecule has 7 nitrogen and oxygen atoms in total. The number of ether oxygens (including phenoxy) is 2. The van der Waals surface area contributed by atoms with Crippen molar-refractivity contribution in [2.75, 3.05) is 18.9 Å². The maximum Gasteiger partial charge on any atom is 0.337 e. The highest BCUT2D eigenvalue weighted by Gasteiger charge is 2.22. The SMILES string of the molecule is COC(=O)c1ccc(C)c(NS(=O)(=O)c2cc(C(=O)OC)ccc2Cl)c1. The third kappa shape index (κ3) is 4.14. The monoisotopic (exact) mass is 397 g/mol. The summed E-state index contributed by atoms with van der Waals surface area (Å²) >= 11 is 5.99. The molecule has 2 rings (SSSR count). The lowest BCUT2D eigenvalue weighted by Gasteiger charge is -2.13. The molecule has 0 aliphatic carbocycles. The van der Waals surface area contributed by atoms with E-state index >= 15 is 0 Å². The Balaban J connectivity index is 2.47. The summed E-state index contributed by atoms with van der Waals surface area (Å²) in [4.78, 5) is 23.0. The summed E-state index contributed by atoms with van der Waals surface area (Å²) in [7, 11) is -1.71. The minimum absolute atomic E-state index is 0.0392. The molecule has 0 spiro atoms. The van der Waals surface area contributed by atoms with E-state index in [0.29, 0.717) is 5.56 Å². The molecule has 0 saturated heterocycles. The summed E-state index contributed by atoms with van der Waals surface area (Å²) in [5.41, 5.74) is 0.997. The van der Waals surface area contributed by atoms with Crippen molar-refractivity contribution >= 4 is 39.3 Å². The molecule has 9 heteroatoms. The summed E-state index contributed by atoms with van der Waals surface area (Å²) in [5, 5.41) is -0.0630. The zero-order chi connectivity index (χ0) is 19.5. The lowest BCUT2D eigenvalue weighted by Crippen LogP contribution is -2.16. The molecular formula is C17H16ClNO6S. The predicted octanol–water partition coefficient (Wildman–Crippen LogP) is 3.02. The highest BCUT2D eigenvalue weighted by Crippen LogP contribution is 2.27. The van der Waals surface area contributed by atoms with E-state index in [9.17, 15) is 18.0 Å². The molecule has 0 heterocycles. The first kappa shape index (κ1) is 19.7. The van der Waals surface area contributed by atoms with E-state index in [1.54, 1.807) is 13.0 Å². The van der Waals surface area contributed by atoms with Gasteiger partial charge in [0.15, 0.2) is 0 Å². The average molecular weight is 398 g/mol. The Kier molecular flexibility index (Phi) is 5.89. The molecule has 0 amide bonds. The number of sulfonamides is 1. The number of esters is 2. The molecule has 1 N–H and O–H groups in total. The van der Waals surface area contributed by atoms with Crippen molar-refractivity contribution in [2.45, 2.75) is 11.8 Å². The molecule has 0 unspecified atom stereocenters. The van der Waals surface area contributed by atoms with Crippen LogP contribution in [0.4, 0.5) is 5.69 Å². The maximum absolute atomic E-state index is 12.7. The number of benzene rings is 2. The molecule has 0 radical (unpaired) electrons. The second kappa shape index (κ2) is 7.76. The summed E-state index contributed by atoms with van der Waals surface area (Å²) < 4.78 is 37.0. The molecule has 0 saturated carbocycles. The van der Waals surface area contributed by atoms with Gasteiger partial charge in [0.25, 0.3) is 10.0 Å². The van der Waals surface area contributed by atoms with Crippen LogP contribution in [-0.4, -0.2) is 34.6 Å². The summed E-state index contributed by atoms with van der Waals surface area (Å²) in [6.07, 6.45) is 0. The molecule has 26 heavy (non-hydrogen) atoms. The van der Waals surface area contributed by atoms with Crippen molar-refractivity contribution in [3.8, 4) is 0 Å². The number of aryl methyl sites for hydroxylation is 1. The number of anilines is 1. The van der Waals surface area contributed by atoms with Gasteiger partial charge in [-0.3, -0.25) is 4.72 Å². The first-order valence-corrected chi connectivity index (χ1v) is 9.15. The van der Waals surface area contributed by atoms with E-state index in [2.05, 4.69) is 14.2 Å². The molecule has 2 aromatic rings. The highest BCUT2D eigenvalue weighted by molar-refractivity contribution is 7.92. The lowest BCUT2D eigenvalue weighted by molar-refractivity contribution is 0.0591. The summed E-state index contributed by atoms with van der Waals surface area (Å²) in [5.74, 6) is -1.29. The lowest BCUT2D eigenvalue weighted by atomic mass is 10.1. The van der Waals surface area contributed by atoms with E-state index in [1.165, 1.54) is 38.5 Å². The third-order valence-electron chi connectivity index (χ3n) is 3.54. The fourth-order valence-electron chi connectivity index (χ4n) is 2.13. The van der Waals surface area contributed by atoms with E-state index in [1.807, 2.05) is 0 Å². The number of hydrogen-bond acceptors (Lipinski definition) is 6. The number of halogens is 1. The van der Waals surface area contributed by atoms with Crippen LogP contribution in [0.2, 0.25) is 5.02 Å². The molecule has 0 aliphatic heterocycles. The van der Waals surface area contributed by atoms with Crippen LogP contribution in [0.3, 0.4) is 0 Å². The Morgan fingerprint density at radius 2 is 1.50 bits per heavy atom. The van der Waals surface area contributed by atoms with E-state index in [0.717, 1.165) is 6.07 Å². The fourth-order valence-corrected chi connectivity index (χ4v) is 3.78. The summed E-state index contributed by atoms with van der Waals surface area (Å²) in [6, 6.07) is 8.23. The second-order valence-electron chi connectivity index (χ2n) is 5.26. The number of nitrogens with one attached hydrogen (secondary N) is 1. The van der Waals surface area contributed by atoms with Crippen LogP contribution < -0.4 is 4.72 Å². The normalized spacial score (nSPS) is 10.9. The van der Waals surface area contributed by atoms with Crippen LogP contribution in [0, 0.1) is 6.92 Å². The van der Waals surface area contributed by atoms with Gasteiger partial charge in [-0.25, -0.2) is 18.0 Å². The molecule has 138 valence electrons. The minimum Gasteiger partial charge on any atom is -0.465 e. The van der Waals surface area contributed by atoms with Gasteiger partial charge in [-0.2, -0.15) is 0 Å². The number of rotatable bonds is 5. The van der Waals surface area contributed by atoms with Crippen molar-refractivity contribution in [3.63, 3.8) is 0 Å². The quantitative estimate of drug-likeness (QED) is 0.778. The van der Waals surface area contributed by atoms with Gasteiger partial charge in [-0.05, 0) is 42.8 Å². The van der Waals surface area contributed by atoms with Crippen LogP contribution in [0.25, 0.3) is 0 Å². The van der Waals surface area contributed by atoms with Crippen molar-refractivity contribution < 1.29 is 27.5 Å². The Morgan fingerprint density at radius 1 is 0.962 bits per heavy atom. The highest BCUT2D eigenvalue weighted by atomic mass is 35.5. The number of carbonyl (C=O) groups excluding carboxylic acids is 2.